The van der Waals surface area contributed by atoms with Crippen LogP contribution in [0.1, 0.15) is 16.8 Å². The van der Waals surface area contributed by atoms with Crippen molar-refractivity contribution in [2.75, 3.05) is 46.4 Å². The van der Waals surface area contributed by atoms with Crippen LogP contribution in [-0.4, -0.2) is 115 Å². The fraction of sp³-hybridized carbons (Fsp3) is 0.333. The van der Waals surface area contributed by atoms with E-state index in [0.717, 1.165) is 68.2 Å². The van der Waals surface area contributed by atoms with E-state index in [0.29, 0.717) is 34.7 Å². The molecule has 0 radical (unpaired) electrons. The van der Waals surface area contributed by atoms with Crippen LogP contribution in [0.15, 0.2) is 71.5 Å². The summed E-state index contributed by atoms with van der Waals surface area (Å²) in [5, 5.41) is 12.7. The number of thiophene rings is 1. The van der Waals surface area contributed by atoms with Gasteiger partial charge in [0.2, 0.25) is 5.88 Å². The number of furan rings is 1. The molecule has 5 heterocycles. The highest BCUT2D eigenvalue weighted by Gasteiger charge is 2.51. The topological polar surface area (TPSA) is 128 Å². The van der Waals surface area contributed by atoms with Crippen LogP contribution in [0.3, 0.4) is 0 Å². The van der Waals surface area contributed by atoms with Crippen LogP contribution in [-0.2, 0) is 22.7 Å². The van der Waals surface area contributed by atoms with Crippen molar-refractivity contribution >= 4 is 54.8 Å². The fourth-order valence-electron chi connectivity index (χ4n) is 7.09. The van der Waals surface area contributed by atoms with Gasteiger partial charge in [0.25, 0.3) is 12.1 Å². The lowest BCUT2D eigenvalue weighted by molar-refractivity contribution is -0.169. The van der Waals surface area contributed by atoms with Gasteiger partial charge in [0.05, 0.1) is 31.9 Å². The van der Waals surface area contributed by atoms with E-state index in [4.69, 9.17) is 30.2 Å². The molecule has 0 saturated carbocycles. The zero-order valence-corrected chi connectivity index (χ0v) is 34.7. The van der Waals surface area contributed by atoms with Gasteiger partial charge in [-0.25, -0.2) is 14.8 Å². The maximum Gasteiger partial charge on any atom is 0.408 e. The van der Waals surface area contributed by atoms with E-state index < -0.39 is 59.3 Å². The largest absolute Gasteiger partial charge is 0.499 e. The number of hydrogen-bond donors (Lipinski definition) is 1. The first kappa shape index (κ1) is 43.8. The molecule has 22 heteroatoms. The fourth-order valence-corrected chi connectivity index (χ4v) is 8.42. The molecule has 2 aromatic carbocycles. The van der Waals surface area contributed by atoms with Crippen LogP contribution >= 0.6 is 22.9 Å². The van der Waals surface area contributed by atoms with Gasteiger partial charge in [-0.1, -0.05) is 29.8 Å². The van der Waals surface area contributed by atoms with Crippen LogP contribution in [0, 0.1) is 12.9 Å². The minimum atomic E-state index is -4.65. The Hall–Kier alpha value is -5.24. The van der Waals surface area contributed by atoms with Crippen molar-refractivity contribution in [1.29, 1.82) is 0 Å². The third-order valence-corrected chi connectivity index (χ3v) is 11.8. The molecule has 1 N–H and O–H groups in total. The third kappa shape index (κ3) is 9.34. The lowest BCUT2D eigenvalue weighted by atomic mass is 9.63. The van der Waals surface area contributed by atoms with Gasteiger partial charge < -0.3 is 28.6 Å². The molecule has 61 heavy (non-hydrogen) atoms. The minimum Gasteiger partial charge on any atom is -0.499 e. The van der Waals surface area contributed by atoms with Crippen LogP contribution in [0.5, 0.6) is 17.4 Å². The van der Waals surface area contributed by atoms with E-state index in [1.165, 1.54) is 40.0 Å². The van der Waals surface area contributed by atoms with Gasteiger partial charge in [-0.15, -0.1) is 11.3 Å². The Bertz CT molecular complexity index is 2550. The predicted molar refractivity (Wildman–Crippen MR) is 220 cm³/mol. The number of rotatable bonds is 15. The quantitative estimate of drug-likeness (QED) is 0.0938. The molecule has 0 unspecified atom stereocenters. The summed E-state index contributed by atoms with van der Waals surface area (Å²) < 4.78 is 112. The molecule has 0 bridgehead atoms. The predicted octanol–water partition coefficient (Wildman–Crippen LogP) is 6.18. The van der Waals surface area contributed by atoms with Crippen molar-refractivity contribution in [2.24, 2.45) is 0 Å². The van der Waals surface area contributed by atoms with Crippen molar-refractivity contribution in [3.63, 3.8) is 0 Å². The smallest absolute Gasteiger partial charge is 0.408 e. The van der Waals surface area contributed by atoms with Gasteiger partial charge in [-0.2, -0.15) is 31.4 Å². The summed E-state index contributed by atoms with van der Waals surface area (Å²) in [5.41, 5.74) is 0.105. The maximum absolute atomic E-state index is 16.8. The van der Waals surface area contributed by atoms with E-state index in [1.807, 2.05) is 0 Å². The van der Waals surface area contributed by atoms with Gasteiger partial charge in [0.1, 0.15) is 41.6 Å². The number of carboxylic acid groups (broad SMARTS) is 1. The summed E-state index contributed by atoms with van der Waals surface area (Å²) in [6, 6.07) is 10.7. The molecule has 0 spiro atoms. The average Bonchev–Trinajstić information content (AvgIpc) is 3.94. The highest BCUT2D eigenvalue weighted by atomic mass is 35.5. The standard InChI is InChI=1S/C39H37B2ClF6N6O6S/c1-21-22(7-8-25(31(21)42)57-18-17-53-15-13-52(2)14-16-53)29-30-34(49-20-50-35(30)61-32(29)26-9-10-28(43)58-26)59-33(36(55)56)38(47,48)23-5-3-4-6-24(23)60-39(40,41)27-11-12-51-54(27)19-37(44,45)46/h3-12,20,33H,13-19,40-41H2,1-2H3,(H,55,56)/t33-/m0/s1. The molecule has 6 aromatic rings. The number of piperazine rings is 1. The van der Waals surface area contributed by atoms with Crippen LogP contribution in [0.4, 0.5) is 26.3 Å². The highest BCUT2D eigenvalue weighted by molar-refractivity contribution is 7.22. The van der Waals surface area contributed by atoms with E-state index in [9.17, 15) is 27.5 Å². The number of carbonyl (C=O) groups is 1. The lowest BCUT2D eigenvalue weighted by Gasteiger charge is -2.32. The Labute approximate surface area is 355 Å². The molecule has 320 valence electrons. The number of hydrogen-bond acceptors (Lipinski definition) is 11. The van der Waals surface area contributed by atoms with E-state index in [-0.39, 0.29) is 37.1 Å². The molecular weight excluding hydrogens is 852 g/mol. The zero-order chi connectivity index (χ0) is 43.9. The number of aromatic nitrogens is 4. The summed E-state index contributed by atoms with van der Waals surface area (Å²) >= 11 is 7.89. The van der Waals surface area contributed by atoms with Crippen molar-refractivity contribution in [3.05, 3.63) is 95.0 Å². The Kier molecular flexibility index (Phi) is 12.4. The number of likely N-dealkylation sites (N-methyl/N-ethyl adjacent to an activating group) is 1. The van der Waals surface area contributed by atoms with Crippen molar-refractivity contribution in [3.8, 4) is 39.1 Å². The first-order valence-corrected chi connectivity index (χ1v) is 20.0. The molecule has 1 saturated heterocycles. The molecule has 1 aliphatic rings. The van der Waals surface area contributed by atoms with Crippen LogP contribution in [0.2, 0.25) is 5.02 Å². The summed E-state index contributed by atoms with van der Waals surface area (Å²) in [7, 11) is 4.78. The van der Waals surface area contributed by atoms with Crippen LogP contribution in [0.25, 0.3) is 32.0 Å². The number of ether oxygens (including phenoxy) is 3. The van der Waals surface area contributed by atoms with Crippen LogP contribution < -0.4 is 14.2 Å². The third-order valence-electron chi connectivity index (χ3n) is 10.2. The summed E-state index contributed by atoms with van der Waals surface area (Å²) in [6.07, 6.45) is -5.48. The van der Waals surface area contributed by atoms with E-state index in [1.54, 1.807) is 19.1 Å². The zero-order valence-electron chi connectivity index (χ0n) is 33.1. The number of fused-ring (bicyclic) bond motifs is 1. The monoisotopic (exact) mass is 888 g/mol. The minimum absolute atomic E-state index is 0.00727. The highest BCUT2D eigenvalue weighted by Crippen LogP contribution is 2.50. The molecule has 12 nitrogen and oxygen atoms in total. The van der Waals surface area contributed by atoms with E-state index in [2.05, 4.69) is 31.9 Å². The van der Waals surface area contributed by atoms with E-state index >= 15 is 8.78 Å². The Morgan fingerprint density at radius 3 is 2.44 bits per heavy atom. The van der Waals surface area contributed by atoms with Crippen molar-refractivity contribution in [2.45, 2.75) is 37.1 Å². The second kappa shape index (κ2) is 17.3. The molecule has 7 rings (SSSR count). The molecule has 1 atom stereocenters. The average molecular weight is 889 g/mol. The molecule has 0 aliphatic carbocycles. The molecular formula is C39H37B2ClF6N6O6S. The SMILES string of the molecule is BC(B)(Oc1ccccc1C(F)(F)[C@@H](Oc1ncnc2sc(-c3ccc(F)o3)c(-c3ccc(OCCN4CCN(C)CC4)c(Cl)c3C)c12)C(=O)O)c1ccnn1CC(F)(F)F. The molecule has 4 aromatic heterocycles. The molecule has 0 amide bonds. The second-order valence-electron chi connectivity index (χ2n) is 14.9. The first-order chi connectivity index (χ1) is 28.8. The van der Waals surface area contributed by atoms with Gasteiger partial charge in [-0.3, -0.25) is 9.58 Å². The first-order valence-electron chi connectivity index (χ1n) is 18.8. The Morgan fingerprint density at radius 2 is 1.75 bits per heavy atom. The second-order valence-corrected chi connectivity index (χ2v) is 16.2. The van der Waals surface area contributed by atoms with Gasteiger partial charge in [0.15, 0.2) is 15.7 Å². The molecule has 1 aliphatic heterocycles. The van der Waals surface area contributed by atoms with Gasteiger partial charge in [-0.05, 0) is 55.4 Å². The van der Waals surface area contributed by atoms with Gasteiger partial charge >= 0.3 is 18.1 Å². The Balaban J connectivity index is 1.25. The summed E-state index contributed by atoms with van der Waals surface area (Å²) in [4.78, 5) is 26.3. The number of benzene rings is 2. The normalized spacial score (nSPS) is 15.0. The number of aliphatic carboxylic acids is 1. The molecule has 1 fully saturated rings. The Morgan fingerprint density at radius 1 is 1.02 bits per heavy atom. The van der Waals surface area contributed by atoms with Crippen molar-refractivity contribution < 1.29 is 54.9 Å². The number of para-hydroxylation sites is 1. The lowest BCUT2D eigenvalue weighted by Crippen LogP contribution is -2.45. The number of halogens is 7. The number of carboxylic acids is 1. The summed E-state index contributed by atoms with van der Waals surface area (Å²) in [6.45, 7) is 4.93. The van der Waals surface area contributed by atoms with Gasteiger partial charge in [0, 0.05) is 50.6 Å². The van der Waals surface area contributed by atoms with Crippen molar-refractivity contribution in [1.82, 2.24) is 29.5 Å². The summed E-state index contributed by atoms with van der Waals surface area (Å²) in [5.74, 6) is -7.11. The number of nitrogens with zero attached hydrogens (tertiary/aromatic N) is 6. The maximum atomic E-state index is 16.8. The number of alkyl halides is 5.